The zero-order valence-corrected chi connectivity index (χ0v) is 14.4. The Hall–Kier alpha value is -2.22. The van der Waals surface area contributed by atoms with Crippen molar-refractivity contribution in [3.05, 3.63) is 64.7 Å². The molecule has 0 aliphatic rings. The molecule has 2 aromatic carbocycles. The van der Waals surface area contributed by atoms with E-state index >= 15 is 0 Å². The van der Waals surface area contributed by atoms with Crippen molar-refractivity contribution in [3.8, 4) is 0 Å². The number of hydrazone groups is 1. The summed E-state index contributed by atoms with van der Waals surface area (Å²) in [6.07, 6.45) is 1.38. The zero-order valence-electron chi connectivity index (χ0n) is 12.9. The lowest BCUT2D eigenvalue weighted by Crippen LogP contribution is -2.34. The smallest absolute Gasteiger partial charge is 0.255 e. The van der Waals surface area contributed by atoms with Crippen LogP contribution in [0.15, 0.2) is 58.5 Å². The first-order valence-electron chi connectivity index (χ1n) is 7.01. The number of halogens is 1. The summed E-state index contributed by atoms with van der Waals surface area (Å²) in [5.41, 5.74) is 3.82. The summed E-state index contributed by atoms with van der Waals surface area (Å²) in [4.78, 5) is 11.8. The molecule has 126 valence electrons. The van der Waals surface area contributed by atoms with Gasteiger partial charge in [-0.05, 0) is 25.1 Å². The van der Waals surface area contributed by atoms with E-state index in [1.54, 1.807) is 36.4 Å². The fraction of sp³-hybridized carbons (Fsp3) is 0.125. The number of aryl methyl sites for hydroxylation is 1. The van der Waals surface area contributed by atoms with Gasteiger partial charge in [-0.15, -0.1) is 0 Å². The highest BCUT2D eigenvalue weighted by molar-refractivity contribution is 7.89. The second-order valence-corrected chi connectivity index (χ2v) is 7.13. The Labute approximate surface area is 145 Å². The quantitative estimate of drug-likeness (QED) is 0.606. The van der Waals surface area contributed by atoms with Gasteiger partial charge in [-0.2, -0.15) is 5.10 Å². The number of sulfonamides is 1. The summed E-state index contributed by atoms with van der Waals surface area (Å²) in [5.74, 6) is -0.589. The van der Waals surface area contributed by atoms with Crippen LogP contribution < -0.4 is 10.1 Å². The molecule has 2 N–H and O–H groups in total. The van der Waals surface area contributed by atoms with Crippen molar-refractivity contribution in [2.75, 3.05) is 6.54 Å². The second-order valence-electron chi connectivity index (χ2n) is 4.95. The maximum Gasteiger partial charge on any atom is 0.255 e. The van der Waals surface area contributed by atoms with Gasteiger partial charge in [0.15, 0.2) is 0 Å². The molecular formula is C16H16ClN3O3S. The Balaban J connectivity index is 1.89. The molecular weight excluding hydrogens is 350 g/mol. The van der Waals surface area contributed by atoms with Crippen LogP contribution in [-0.2, 0) is 14.8 Å². The summed E-state index contributed by atoms with van der Waals surface area (Å²) in [6, 6.07) is 13.3. The van der Waals surface area contributed by atoms with Crippen LogP contribution >= 0.6 is 11.6 Å². The number of carbonyl (C=O) groups excluding carboxylic acids is 1. The Bertz CT molecular complexity index is 849. The number of nitrogens with zero attached hydrogens (tertiary/aromatic N) is 1. The Morgan fingerprint density at radius 2 is 1.83 bits per heavy atom. The van der Waals surface area contributed by atoms with E-state index in [0.717, 1.165) is 5.56 Å². The van der Waals surface area contributed by atoms with E-state index < -0.39 is 22.5 Å². The van der Waals surface area contributed by atoms with Gasteiger partial charge in [0.1, 0.15) is 0 Å². The normalized spacial score (nSPS) is 11.6. The van der Waals surface area contributed by atoms with Gasteiger partial charge in [-0.1, -0.05) is 47.5 Å². The van der Waals surface area contributed by atoms with Crippen molar-refractivity contribution in [2.24, 2.45) is 5.10 Å². The Kier molecular flexibility index (Phi) is 6.08. The van der Waals surface area contributed by atoms with Crippen LogP contribution in [-0.4, -0.2) is 27.1 Å². The van der Waals surface area contributed by atoms with Crippen LogP contribution in [0.25, 0.3) is 0 Å². The van der Waals surface area contributed by atoms with Gasteiger partial charge in [0.2, 0.25) is 10.0 Å². The van der Waals surface area contributed by atoms with E-state index in [0.29, 0.717) is 10.6 Å². The second kappa shape index (κ2) is 8.05. The maximum absolute atomic E-state index is 12.0. The van der Waals surface area contributed by atoms with Gasteiger partial charge in [0, 0.05) is 10.6 Å². The standard InChI is InChI=1S/C16H16ClN3O3S/c1-12-6-8-14(9-7-12)24(22,23)19-11-16(21)20-18-10-13-4-2-3-5-15(13)17/h2-10,19H,11H2,1H3,(H,20,21)/b18-10+. The van der Waals surface area contributed by atoms with Crippen molar-refractivity contribution in [3.63, 3.8) is 0 Å². The molecule has 2 rings (SSSR count). The number of hydrogen-bond donors (Lipinski definition) is 2. The van der Waals surface area contributed by atoms with Crippen LogP contribution in [0.2, 0.25) is 5.02 Å². The molecule has 0 bridgehead atoms. The SMILES string of the molecule is Cc1ccc(S(=O)(=O)NCC(=O)N/N=C/c2ccccc2Cl)cc1. The van der Waals surface area contributed by atoms with Crippen LogP contribution in [0.3, 0.4) is 0 Å². The van der Waals surface area contributed by atoms with Crippen LogP contribution in [0.4, 0.5) is 0 Å². The van der Waals surface area contributed by atoms with Gasteiger partial charge < -0.3 is 0 Å². The fourth-order valence-electron chi connectivity index (χ4n) is 1.75. The molecule has 24 heavy (non-hydrogen) atoms. The summed E-state index contributed by atoms with van der Waals surface area (Å²) in [7, 11) is -3.74. The molecule has 0 heterocycles. The summed E-state index contributed by atoms with van der Waals surface area (Å²) >= 11 is 5.94. The monoisotopic (exact) mass is 365 g/mol. The molecule has 0 fully saturated rings. The molecule has 0 saturated carbocycles. The Morgan fingerprint density at radius 1 is 1.17 bits per heavy atom. The zero-order chi connectivity index (χ0) is 17.6. The average molecular weight is 366 g/mol. The first kappa shape index (κ1) is 18.1. The van der Waals surface area contributed by atoms with E-state index in [1.807, 2.05) is 6.92 Å². The summed E-state index contributed by atoms with van der Waals surface area (Å²) in [6.45, 7) is 1.43. The van der Waals surface area contributed by atoms with E-state index in [2.05, 4.69) is 15.2 Å². The van der Waals surface area contributed by atoms with Gasteiger partial charge >= 0.3 is 0 Å². The predicted molar refractivity (Wildman–Crippen MR) is 93.6 cm³/mol. The topological polar surface area (TPSA) is 87.6 Å². The minimum atomic E-state index is -3.74. The van der Waals surface area contributed by atoms with Crippen molar-refractivity contribution < 1.29 is 13.2 Å². The molecule has 8 heteroatoms. The van der Waals surface area contributed by atoms with E-state index in [9.17, 15) is 13.2 Å². The highest BCUT2D eigenvalue weighted by Crippen LogP contribution is 2.12. The predicted octanol–water partition coefficient (Wildman–Crippen LogP) is 2.08. The fourth-order valence-corrected chi connectivity index (χ4v) is 2.92. The van der Waals surface area contributed by atoms with Crippen LogP contribution in [0.5, 0.6) is 0 Å². The molecule has 1 amide bonds. The van der Waals surface area contributed by atoms with E-state index in [1.165, 1.54) is 18.3 Å². The van der Waals surface area contributed by atoms with Crippen molar-refractivity contribution in [2.45, 2.75) is 11.8 Å². The third-order valence-electron chi connectivity index (χ3n) is 3.05. The molecule has 0 aromatic heterocycles. The third-order valence-corrected chi connectivity index (χ3v) is 4.81. The molecule has 0 radical (unpaired) electrons. The molecule has 0 atom stereocenters. The molecule has 2 aromatic rings. The van der Waals surface area contributed by atoms with E-state index in [4.69, 9.17) is 11.6 Å². The van der Waals surface area contributed by atoms with Gasteiger partial charge in [0.25, 0.3) is 5.91 Å². The molecule has 0 spiro atoms. The van der Waals surface area contributed by atoms with Crippen molar-refractivity contribution in [1.82, 2.24) is 10.1 Å². The van der Waals surface area contributed by atoms with Crippen molar-refractivity contribution >= 4 is 33.7 Å². The lowest BCUT2D eigenvalue weighted by atomic mass is 10.2. The minimum Gasteiger partial charge on any atom is -0.272 e. The van der Waals surface area contributed by atoms with E-state index in [-0.39, 0.29) is 4.90 Å². The highest BCUT2D eigenvalue weighted by Gasteiger charge is 2.14. The number of nitrogens with one attached hydrogen (secondary N) is 2. The average Bonchev–Trinajstić information content (AvgIpc) is 2.55. The molecule has 6 nitrogen and oxygen atoms in total. The summed E-state index contributed by atoms with van der Waals surface area (Å²) in [5, 5.41) is 4.24. The molecule has 0 aliphatic heterocycles. The molecule has 0 unspecified atom stereocenters. The number of rotatable bonds is 6. The molecule has 0 saturated heterocycles. The number of hydrogen-bond acceptors (Lipinski definition) is 4. The van der Waals surface area contributed by atoms with Crippen LogP contribution in [0, 0.1) is 6.92 Å². The lowest BCUT2D eigenvalue weighted by molar-refractivity contribution is -0.119. The first-order chi connectivity index (χ1) is 11.4. The van der Waals surface area contributed by atoms with Gasteiger partial charge in [-0.25, -0.2) is 18.6 Å². The lowest BCUT2D eigenvalue weighted by Gasteiger charge is -2.06. The van der Waals surface area contributed by atoms with Crippen molar-refractivity contribution in [1.29, 1.82) is 0 Å². The third kappa shape index (κ3) is 5.16. The largest absolute Gasteiger partial charge is 0.272 e. The summed E-state index contributed by atoms with van der Waals surface area (Å²) < 4.78 is 26.3. The number of carbonyl (C=O) groups is 1. The van der Waals surface area contributed by atoms with Crippen LogP contribution in [0.1, 0.15) is 11.1 Å². The molecule has 0 aliphatic carbocycles. The Morgan fingerprint density at radius 3 is 2.50 bits per heavy atom. The first-order valence-corrected chi connectivity index (χ1v) is 8.87. The van der Waals surface area contributed by atoms with Gasteiger partial charge in [0.05, 0.1) is 17.7 Å². The van der Waals surface area contributed by atoms with Gasteiger partial charge in [-0.3, -0.25) is 4.79 Å². The highest BCUT2D eigenvalue weighted by atomic mass is 35.5. The minimum absolute atomic E-state index is 0.0977. The maximum atomic E-state index is 12.0. The number of benzene rings is 2. The number of amides is 1.